The van der Waals surface area contributed by atoms with E-state index in [2.05, 4.69) is 16.6 Å². The van der Waals surface area contributed by atoms with Gasteiger partial charge in [-0.15, -0.1) is 0 Å². The summed E-state index contributed by atoms with van der Waals surface area (Å²) in [6.07, 6.45) is 14.5. The molecule has 2 aliphatic carbocycles. The summed E-state index contributed by atoms with van der Waals surface area (Å²) in [6, 6.07) is 0.395. The molecule has 0 aliphatic heterocycles. The Hall–Kier alpha value is -1.60. The zero-order valence-electron chi connectivity index (χ0n) is 14.9. The van der Waals surface area contributed by atoms with Crippen molar-refractivity contribution in [3.63, 3.8) is 0 Å². The Labute approximate surface area is 149 Å². The van der Waals surface area contributed by atoms with Crippen molar-refractivity contribution in [3.05, 3.63) is 12.8 Å². The lowest BCUT2D eigenvalue weighted by molar-refractivity contribution is -0.140. The number of aliphatic hydroxyl groups is 1. The van der Waals surface area contributed by atoms with Gasteiger partial charge >= 0.3 is 12.1 Å². The Balaban J connectivity index is 0.000000252. The molecule has 0 aromatic rings. The second-order valence-electron chi connectivity index (χ2n) is 6.63. The highest BCUT2D eigenvalue weighted by Crippen LogP contribution is 2.22. The number of ether oxygens (including phenoxy) is 1. The van der Waals surface area contributed by atoms with Crippen molar-refractivity contribution in [1.82, 2.24) is 10.6 Å². The summed E-state index contributed by atoms with van der Waals surface area (Å²) in [6.45, 7) is 2.39. The number of aliphatic carboxylic acids is 1. The lowest BCUT2D eigenvalue weighted by Crippen LogP contribution is -2.43. The van der Waals surface area contributed by atoms with Crippen LogP contribution in [0.1, 0.15) is 64.2 Å². The molecule has 25 heavy (non-hydrogen) atoms. The lowest BCUT2D eigenvalue weighted by Gasteiger charge is -2.30. The van der Waals surface area contributed by atoms with Crippen LogP contribution >= 0.6 is 0 Å². The predicted molar refractivity (Wildman–Crippen MR) is 95.2 cm³/mol. The Morgan fingerprint density at radius 2 is 1.52 bits per heavy atom. The summed E-state index contributed by atoms with van der Waals surface area (Å²) in [5.74, 6) is -1.33. The third-order valence-electron chi connectivity index (χ3n) is 4.64. The maximum absolute atomic E-state index is 10.5. The van der Waals surface area contributed by atoms with Crippen LogP contribution in [0.15, 0.2) is 12.8 Å². The number of carbonyl (C=O) groups excluding carboxylic acids is 1. The van der Waals surface area contributed by atoms with Gasteiger partial charge in [-0.2, -0.15) is 0 Å². The number of aliphatic hydroxyl groups excluding tert-OH is 1. The second-order valence-corrected chi connectivity index (χ2v) is 6.63. The van der Waals surface area contributed by atoms with E-state index < -0.39 is 24.7 Å². The maximum atomic E-state index is 10.5. The second kappa shape index (κ2) is 12.7. The highest BCUT2D eigenvalue weighted by molar-refractivity contribution is 5.80. The van der Waals surface area contributed by atoms with Crippen molar-refractivity contribution in [2.75, 3.05) is 6.61 Å². The minimum Gasteiger partial charge on any atom is -0.480 e. The van der Waals surface area contributed by atoms with Gasteiger partial charge in [-0.3, -0.25) is 0 Å². The maximum Gasteiger partial charge on any atom is 0.412 e. The van der Waals surface area contributed by atoms with Crippen molar-refractivity contribution in [2.24, 2.45) is 0 Å². The minimum atomic E-state index is -1.35. The van der Waals surface area contributed by atoms with E-state index >= 15 is 0 Å². The molecule has 1 amide bonds. The van der Waals surface area contributed by atoms with Gasteiger partial charge in [-0.1, -0.05) is 45.1 Å². The van der Waals surface area contributed by atoms with Gasteiger partial charge in [0, 0.05) is 12.1 Å². The lowest BCUT2D eigenvalue weighted by atomic mass is 9.91. The van der Waals surface area contributed by atoms with Crippen molar-refractivity contribution in [2.45, 2.75) is 82.3 Å². The van der Waals surface area contributed by atoms with E-state index in [0.29, 0.717) is 0 Å². The number of alkyl carbamates (subject to hydrolysis) is 1. The van der Waals surface area contributed by atoms with Crippen molar-refractivity contribution < 1.29 is 24.5 Å². The average Bonchev–Trinajstić information content (AvgIpc) is 2.62. The fourth-order valence-corrected chi connectivity index (χ4v) is 3.31. The van der Waals surface area contributed by atoms with Crippen LogP contribution < -0.4 is 10.6 Å². The molecule has 2 fully saturated rings. The molecule has 1 atom stereocenters. The molecule has 0 heterocycles. The normalized spacial score (nSPS) is 19.9. The molecule has 7 heteroatoms. The Morgan fingerprint density at radius 3 is 1.88 bits per heavy atom. The molecular formula is C18H32N2O5. The summed E-state index contributed by atoms with van der Waals surface area (Å²) < 4.78 is 4.16. The summed E-state index contributed by atoms with van der Waals surface area (Å²) >= 11 is 0. The number of hydrogen-bond donors (Lipinski definition) is 4. The predicted octanol–water partition coefficient (Wildman–Crippen LogP) is 2.54. The first-order valence-corrected chi connectivity index (χ1v) is 9.24. The first-order chi connectivity index (χ1) is 12.1. The Kier molecular flexibility index (Phi) is 10.9. The zero-order chi connectivity index (χ0) is 18.5. The van der Waals surface area contributed by atoms with Gasteiger partial charge in [-0.05, 0) is 25.7 Å². The number of carbonyl (C=O) groups is 2. The number of nitrogens with one attached hydrogen (secondary N) is 2. The quantitative estimate of drug-likeness (QED) is 0.545. The van der Waals surface area contributed by atoms with E-state index in [1.807, 2.05) is 5.32 Å². The topological polar surface area (TPSA) is 108 Å². The van der Waals surface area contributed by atoms with Crippen LogP contribution in [0.5, 0.6) is 0 Å². The molecule has 2 rings (SSSR count). The van der Waals surface area contributed by atoms with Crippen LogP contribution in [-0.2, 0) is 9.53 Å². The molecule has 0 saturated heterocycles. The molecule has 0 aromatic carbocycles. The van der Waals surface area contributed by atoms with E-state index in [9.17, 15) is 9.59 Å². The number of carboxylic acid groups (broad SMARTS) is 1. The molecule has 144 valence electrons. The molecular weight excluding hydrogens is 324 g/mol. The first-order valence-electron chi connectivity index (χ1n) is 9.24. The van der Waals surface area contributed by atoms with Gasteiger partial charge in [0.15, 0.2) is 6.04 Å². The first kappa shape index (κ1) is 21.4. The van der Waals surface area contributed by atoms with Gasteiger partial charge in [0.1, 0.15) is 0 Å². The zero-order valence-corrected chi connectivity index (χ0v) is 14.9. The van der Waals surface area contributed by atoms with E-state index in [-0.39, 0.29) is 0 Å². The molecule has 2 saturated carbocycles. The Morgan fingerprint density at radius 1 is 1.04 bits per heavy atom. The van der Waals surface area contributed by atoms with Gasteiger partial charge in [0.05, 0.1) is 12.9 Å². The fraction of sp³-hybridized carbons (Fsp3) is 0.778. The van der Waals surface area contributed by atoms with E-state index in [0.717, 1.165) is 18.3 Å². The molecule has 2 aliphatic rings. The van der Waals surface area contributed by atoms with E-state index in [1.54, 1.807) is 0 Å². The largest absolute Gasteiger partial charge is 0.480 e. The number of amides is 1. The third-order valence-corrected chi connectivity index (χ3v) is 4.64. The number of carboxylic acids is 1. The van der Waals surface area contributed by atoms with Crippen molar-refractivity contribution in [3.8, 4) is 0 Å². The number of rotatable bonds is 6. The molecule has 0 bridgehead atoms. The van der Waals surface area contributed by atoms with Gasteiger partial charge in [0.25, 0.3) is 0 Å². The summed E-state index contributed by atoms with van der Waals surface area (Å²) in [7, 11) is 0. The van der Waals surface area contributed by atoms with E-state index in [1.165, 1.54) is 64.2 Å². The number of hydrogen-bond acceptors (Lipinski definition) is 5. The van der Waals surface area contributed by atoms with Crippen LogP contribution in [-0.4, -0.2) is 47.0 Å². The highest BCUT2D eigenvalue weighted by atomic mass is 16.5. The average molecular weight is 356 g/mol. The van der Waals surface area contributed by atoms with Crippen LogP contribution in [0.25, 0.3) is 0 Å². The van der Waals surface area contributed by atoms with Gasteiger partial charge in [-0.25, -0.2) is 9.59 Å². The van der Waals surface area contributed by atoms with Gasteiger partial charge < -0.3 is 25.6 Å². The van der Waals surface area contributed by atoms with Crippen LogP contribution in [0.2, 0.25) is 0 Å². The molecule has 0 aromatic heterocycles. The highest BCUT2D eigenvalue weighted by Gasteiger charge is 2.19. The monoisotopic (exact) mass is 356 g/mol. The summed E-state index contributed by atoms with van der Waals surface area (Å²) in [4.78, 5) is 20.8. The van der Waals surface area contributed by atoms with Crippen molar-refractivity contribution in [1.29, 1.82) is 0 Å². The SMILES string of the molecule is C1CCC(NC2CCCCC2)CC1.C=COC(=O)N[C@@H](CO)C(=O)O. The van der Waals surface area contributed by atoms with Crippen LogP contribution in [0, 0.1) is 0 Å². The molecule has 4 N–H and O–H groups in total. The van der Waals surface area contributed by atoms with Gasteiger partial charge in [0.2, 0.25) is 0 Å². The van der Waals surface area contributed by atoms with Crippen LogP contribution in [0.3, 0.4) is 0 Å². The molecule has 7 nitrogen and oxygen atoms in total. The minimum absolute atomic E-state index is 0.693. The third kappa shape index (κ3) is 9.45. The standard InChI is InChI=1S/C12H23N.C6H9NO5/c1-3-7-11(8-4-1)13-12-9-5-2-6-10-12;1-2-12-6(11)7-4(3-8)5(9)10/h11-13H,1-10H2;2,4,8H,1,3H2,(H,7,11)(H,9,10)/t;4-/m.0/s1. The summed E-state index contributed by atoms with van der Waals surface area (Å²) in [5, 5.41) is 22.5. The van der Waals surface area contributed by atoms with Crippen molar-refractivity contribution >= 4 is 12.1 Å². The fourth-order valence-electron chi connectivity index (χ4n) is 3.31. The smallest absolute Gasteiger partial charge is 0.412 e. The molecule has 0 spiro atoms. The molecule has 0 unspecified atom stereocenters. The molecule has 0 radical (unpaired) electrons. The van der Waals surface area contributed by atoms with Crippen LogP contribution in [0.4, 0.5) is 4.79 Å². The van der Waals surface area contributed by atoms with E-state index in [4.69, 9.17) is 10.2 Å². The summed E-state index contributed by atoms with van der Waals surface area (Å²) in [5.41, 5.74) is 0. The Bertz CT molecular complexity index is 388.